The van der Waals surface area contributed by atoms with Crippen LogP contribution in [0.3, 0.4) is 0 Å². The van der Waals surface area contributed by atoms with Crippen LogP contribution in [0, 0.1) is 11.7 Å². The van der Waals surface area contributed by atoms with Crippen LogP contribution in [0.4, 0.5) is 10.1 Å². The maximum Gasteiger partial charge on any atom is 0.227 e. The molecular formula is C26H25FN2O3. The minimum absolute atomic E-state index is 0.0397. The molecule has 6 heteroatoms. The van der Waals surface area contributed by atoms with E-state index >= 15 is 0 Å². The van der Waals surface area contributed by atoms with Crippen LogP contribution < -0.4 is 15.0 Å². The Kier molecular flexibility index (Phi) is 6.50. The second-order valence-corrected chi connectivity index (χ2v) is 7.77. The molecule has 0 saturated carbocycles. The van der Waals surface area contributed by atoms with E-state index in [0.717, 1.165) is 5.56 Å². The molecule has 2 atom stereocenters. The Morgan fingerprint density at radius 2 is 1.72 bits per heavy atom. The lowest BCUT2D eigenvalue weighted by molar-refractivity contribution is -0.129. The number of hydrogen-bond acceptors (Lipinski definition) is 3. The fourth-order valence-electron chi connectivity index (χ4n) is 4.20. The number of benzene rings is 3. The van der Waals surface area contributed by atoms with E-state index in [1.54, 1.807) is 42.3 Å². The van der Waals surface area contributed by atoms with E-state index in [1.165, 1.54) is 6.07 Å². The van der Waals surface area contributed by atoms with Gasteiger partial charge in [-0.05, 0) is 42.3 Å². The average molecular weight is 432 g/mol. The van der Waals surface area contributed by atoms with Crippen molar-refractivity contribution in [3.63, 3.8) is 0 Å². The molecule has 32 heavy (non-hydrogen) atoms. The third-order valence-corrected chi connectivity index (χ3v) is 5.84. The number of piperidine rings is 1. The summed E-state index contributed by atoms with van der Waals surface area (Å²) in [4.78, 5) is 28.0. The van der Waals surface area contributed by atoms with Crippen LogP contribution in [0.15, 0.2) is 78.9 Å². The van der Waals surface area contributed by atoms with Gasteiger partial charge in [0, 0.05) is 24.2 Å². The van der Waals surface area contributed by atoms with Gasteiger partial charge in [0.25, 0.3) is 0 Å². The van der Waals surface area contributed by atoms with Crippen molar-refractivity contribution in [2.24, 2.45) is 5.92 Å². The highest BCUT2D eigenvalue weighted by molar-refractivity contribution is 5.97. The van der Waals surface area contributed by atoms with E-state index in [2.05, 4.69) is 5.32 Å². The number of hydrogen-bond donors (Lipinski definition) is 1. The van der Waals surface area contributed by atoms with E-state index in [0.29, 0.717) is 23.4 Å². The molecule has 3 aromatic carbocycles. The third kappa shape index (κ3) is 4.49. The first-order valence-corrected chi connectivity index (χ1v) is 10.6. The SMILES string of the molecule is COc1ccc(N2C(=O)CC[C@H](C(=O)NCc3ccccc3F)[C@@H]2c2ccccc2)cc1. The zero-order valence-corrected chi connectivity index (χ0v) is 17.8. The fraction of sp³-hybridized carbons (Fsp3) is 0.231. The van der Waals surface area contributed by atoms with Crippen LogP contribution in [0.5, 0.6) is 5.75 Å². The second kappa shape index (κ2) is 9.64. The summed E-state index contributed by atoms with van der Waals surface area (Å²) in [5.41, 5.74) is 2.01. The summed E-state index contributed by atoms with van der Waals surface area (Å²) in [5, 5.41) is 2.88. The zero-order valence-electron chi connectivity index (χ0n) is 17.8. The van der Waals surface area contributed by atoms with Gasteiger partial charge in [0.2, 0.25) is 11.8 Å². The number of anilines is 1. The van der Waals surface area contributed by atoms with Gasteiger partial charge in [-0.25, -0.2) is 4.39 Å². The van der Waals surface area contributed by atoms with E-state index in [9.17, 15) is 14.0 Å². The number of carbonyl (C=O) groups excluding carboxylic acids is 2. The predicted octanol–water partition coefficient (Wildman–Crippen LogP) is 4.64. The zero-order chi connectivity index (χ0) is 22.5. The molecule has 3 aromatic rings. The Morgan fingerprint density at radius 1 is 1.03 bits per heavy atom. The smallest absolute Gasteiger partial charge is 0.227 e. The van der Waals surface area contributed by atoms with Gasteiger partial charge in [-0.2, -0.15) is 0 Å². The van der Waals surface area contributed by atoms with Gasteiger partial charge < -0.3 is 15.0 Å². The molecule has 5 nitrogen and oxygen atoms in total. The minimum Gasteiger partial charge on any atom is -0.497 e. The molecular weight excluding hydrogens is 407 g/mol. The van der Waals surface area contributed by atoms with Gasteiger partial charge in [0.1, 0.15) is 11.6 Å². The summed E-state index contributed by atoms with van der Waals surface area (Å²) in [6, 6.07) is 22.7. The molecule has 1 aliphatic heterocycles. The Hall–Kier alpha value is -3.67. The van der Waals surface area contributed by atoms with Gasteiger partial charge >= 0.3 is 0 Å². The highest BCUT2D eigenvalue weighted by Gasteiger charge is 2.41. The number of methoxy groups -OCH3 is 1. The minimum atomic E-state index is -0.469. The number of nitrogens with zero attached hydrogens (tertiary/aromatic N) is 1. The first-order valence-electron chi connectivity index (χ1n) is 10.6. The van der Waals surface area contributed by atoms with E-state index < -0.39 is 12.0 Å². The Labute approximate surface area is 186 Å². The maximum atomic E-state index is 14.0. The lowest BCUT2D eigenvalue weighted by Gasteiger charge is -2.41. The maximum absolute atomic E-state index is 14.0. The number of nitrogens with one attached hydrogen (secondary N) is 1. The van der Waals surface area contributed by atoms with Crippen molar-refractivity contribution < 1.29 is 18.7 Å². The van der Waals surface area contributed by atoms with Crippen molar-refractivity contribution in [1.82, 2.24) is 5.32 Å². The molecule has 0 radical (unpaired) electrons. The van der Waals surface area contributed by atoms with Gasteiger partial charge in [0.15, 0.2) is 0 Å². The standard InChI is InChI=1S/C26H25FN2O3/c1-32-21-13-11-20(12-14-21)29-24(30)16-15-22(25(29)18-7-3-2-4-8-18)26(31)28-17-19-9-5-6-10-23(19)27/h2-14,22,25H,15-17H2,1H3,(H,28,31)/t22-,25-/m0/s1. The van der Waals surface area contributed by atoms with Gasteiger partial charge in [-0.1, -0.05) is 48.5 Å². The summed E-state index contributed by atoms with van der Waals surface area (Å²) in [7, 11) is 1.59. The fourth-order valence-corrected chi connectivity index (χ4v) is 4.20. The Bertz CT molecular complexity index is 1090. The summed E-state index contributed by atoms with van der Waals surface area (Å²) < 4.78 is 19.2. The van der Waals surface area contributed by atoms with Gasteiger partial charge in [0.05, 0.1) is 19.1 Å². The van der Waals surface area contributed by atoms with Crippen LogP contribution in [-0.2, 0) is 16.1 Å². The molecule has 1 heterocycles. The quantitative estimate of drug-likeness (QED) is 0.618. The lowest BCUT2D eigenvalue weighted by atomic mass is 9.83. The molecule has 0 aliphatic carbocycles. The molecule has 1 saturated heterocycles. The highest BCUT2D eigenvalue weighted by Crippen LogP contribution is 2.40. The second-order valence-electron chi connectivity index (χ2n) is 7.77. The molecule has 0 aromatic heterocycles. The average Bonchev–Trinajstić information content (AvgIpc) is 2.84. The molecule has 1 fully saturated rings. The molecule has 0 spiro atoms. The Balaban J connectivity index is 1.65. The summed E-state index contributed by atoms with van der Waals surface area (Å²) in [6.07, 6.45) is 0.682. The summed E-state index contributed by atoms with van der Waals surface area (Å²) >= 11 is 0. The van der Waals surface area contributed by atoms with Crippen molar-refractivity contribution in [2.45, 2.75) is 25.4 Å². The van der Waals surface area contributed by atoms with Gasteiger partial charge in [-0.15, -0.1) is 0 Å². The number of rotatable bonds is 6. The molecule has 1 N–H and O–H groups in total. The highest BCUT2D eigenvalue weighted by atomic mass is 19.1. The molecule has 0 bridgehead atoms. The summed E-state index contributed by atoms with van der Waals surface area (Å²) in [6.45, 7) is 0.0972. The van der Waals surface area contributed by atoms with Crippen molar-refractivity contribution in [3.8, 4) is 5.75 Å². The predicted molar refractivity (Wildman–Crippen MR) is 121 cm³/mol. The van der Waals surface area contributed by atoms with E-state index in [1.807, 2.05) is 42.5 Å². The third-order valence-electron chi connectivity index (χ3n) is 5.84. The topological polar surface area (TPSA) is 58.6 Å². The van der Waals surface area contributed by atoms with Crippen LogP contribution in [0.25, 0.3) is 0 Å². The van der Waals surface area contributed by atoms with Crippen molar-refractivity contribution in [1.29, 1.82) is 0 Å². The molecule has 2 amide bonds. The lowest BCUT2D eigenvalue weighted by Crippen LogP contribution is -2.48. The van der Waals surface area contributed by atoms with Crippen molar-refractivity contribution in [3.05, 3.63) is 95.8 Å². The van der Waals surface area contributed by atoms with Crippen molar-refractivity contribution in [2.75, 3.05) is 12.0 Å². The first kappa shape index (κ1) is 21.6. The Morgan fingerprint density at radius 3 is 2.41 bits per heavy atom. The van der Waals surface area contributed by atoms with E-state index in [-0.39, 0.29) is 30.6 Å². The monoisotopic (exact) mass is 432 g/mol. The van der Waals surface area contributed by atoms with Crippen molar-refractivity contribution >= 4 is 17.5 Å². The normalized spacial score (nSPS) is 18.3. The number of halogens is 1. The number of amides is 2. The number of carbonyl (C=O) groups is 2. The molecule has 1 aliphatic rings. The largest absolute Gasteiger partial charge is 0.497 e. The first-order chi connectivity index (χ1) is 15.6. The van der Waals surface area contributed by atoms with Crippen LogP contribution in [0.2, 0.25) is 0 Å². The van der Waals surface area contributed by atoms with Crippen LogP contribution in [0.1, 0.15) is 30.0 Å². The summed E-state index contributed by atoms with van der Waals surface area (Å²) in [5.74, 6) is -0.376. The van der Waals surface area contributed by atoms with Crippen LogP contribution >= 0.6 is 0 Å². The molecule has 164 valence electrons. The molecule has 4 rings (SSSR count). The van der Waals surface area contributed by atoms with Gasteiger partial charge in [-0.3, -0.25) is 9.59 Å². The van der Waals surface area contributed by atoms with E-state index in [4.69, 9.17) is 4.74 Å². The molecule has 0 unspecified atom stereocenters. The van der Waals surface area contributed by atoms with Crippen LogP contribution in [-0.4, -0.2) is 18.9 Å². The number of ether oxygens (including phenoxy) is 1.